The molecule has 0 saturated heterocycles. The summed E-state index contributed by atoms with van der Waals surface area (Å²) in [5.41, 5.74) is 8.59. The Balaban J connectivity index is 2.15. The first-order chi connectivity index (χ1) is 8.76. The zero-order valence-electron chi connectivity index (χ0n) is 11.4. The van der Waals surface area contributed by atoms with E-state index in [-0.39, 0.29) is 6.10 Å². The Hall–Kier alpha value is -1.06. The van der Waals surface area contributed by atoms with Crippen molar-refractivity contribution in [3.63, 3.8) is 0 Å². The maximum absolute atomic E-state index is 5.79. The van der Waals surface area contributed by atoms with Crippen molar-refractivity contribution in [2.75, 3.05) is 24.6 Å². The molecule has 3 heteroatoms. The van der Waals surface area contributed by atoms with Crippen LogP contribution in [0, 0.1) is 0 Å². The number of nitrogens with two attached hydrogens (primary N) is 1. The van der Waals surface area contributed by atoms with Crippen LogP contribution < -0.4 is 10.6 Å². The van der Waals surface area contributed by atoms with E-state index >= 15 is 0 Å². The fourth-order valence-corrected chi connectivity index (χ4v) is 2.69. The van der Waals surface area contributed by atoms with Crippen LogP contribution in [-0.2, 0) is 11.2 Å². The molecule has 1 aromatic carbocycles. The number of aryl methyl sites for hydroxylation is 1. The van der Waals surface area contributed by atoms with E-state index < -0.39 is 0 Å². The van der Waals surface area contributed by atoms with Gasteiger partial charge in [-0.05, 0) is 38.3 Å². The third kappa shape index (κ3) is 2.85. The lowest BCUT2D eigenvalue weighted by molar-refractivity contribution is 0.0721. The highest BCUT2D eigenvalue weighted by Gasteiger charge is 2.24. The van der Waals surface area contributed by atoms with Crippen molar-refractivity contribution in [2.24, 2.45) is 5.73 Å². The van der Waals surface area contributed by atoms with Crippen LogP contribution in [0.4, 0.5) is 5.69 Å². The van der Waals surface area contributed by atoms with E-state index in [2.05, 4.69) is 36.1 Å². The lowest BCUT2D eigenvalue weighted by Crippen LogP contribution is -2.45. The van der Waals surface area contributed by atoms with Crippen LogP contribution in [0.1, 0.15) is 25.8 Å². The Morgan fingerprint density at radius 1 is 1.44 bits per heavy atom. The Labute approximate surface area is 110 Å². The molecule has 1 aliphatic heterocycles. The number of hydrogen-bond donors (Lipinski definition) is 1. The van der Waals surface area contributed by atoms with Crippen molar-refractivity contribution in [1.29, 1.82) is 0 Å². The molecule has 0 spiro atoms. The molecule has 0 aliphatic carbocycles. The Morgan fingerprint density at radius 2 is 2.22 bits per heavy atom. The molecule has 0 aromatic heterocycles. The monoisotopic (exact) mass is 248 g/mol. The summed E-state index contributed by atoms with van der Waals surface area (Å²) >= 11 is 0. The van der Waals surface area contributed by atoms with Crippen molar-refractivity contribution in [2.45, 2.75) is 38.8 Å². The Bertz CT molecular complexity index is 381. The summed E-state index contributed by atoms with van der Waals surface area (Å²) in [6.07, 6.45) is 2.51. The van der Waals surface area contributed by atoms with Crippen LogP contribution in [-0.4, -0.2) is 31.8 Å². The summed E-state index contributed by atoms with van der Waals surface area (Å²) in [6, 6.07) is 9.24. The first-order valence-electron chi connectivity index (χ1n) is 6.92. The van der Waals surface area contributed by atoms with E-state index in [9.17, 15) is 0 Å². The minimum atomic E-state index is 0.128. The number of nitrogens with zero attached hydrogens (tertiary/aromatic N) is 1. The molecule has 2 N–H and O–H groups in total. The zero-order chi connectivity index (χ0) is 13.0. The van der Waals surface area contributed by atoms with Crippen molar-refractivity contribution < 1.29 is 4.74 Å². The van der Waals surface area contributed by atoms with Gasteiger partial charge in [0.15, 0.2) is 0 Å². The van der Waals surface area contributed by atoms with Crippen LogP contribution in [0.15, 0.2) is 24.3 Å². The molecule has 2 rings (SSSR count). The van der Waals surface area contributed by atoms with E-state index in [0.29, 0.717) is 12.6 Å². The second-order valence-electron chi connectivity index (χ2n) is 4.98. The average molecular weight is 248 g/mol. The SMILES string of the molecule is CCOC(CN)CN1c2ccccc2CCC1C. The quantitative estimate of drug-likeness (QED) is 0.868. The number of ether oxygens (including phenoxy) is 1. The lowest BCUT2D eigenvalue weighted by atomic mass is 9.96. The maximum atomic E-state index is 5.79. The van der Waals surface area contributed by atoms with Crippen molar-refractivity contribution in [1.82, 2.24) is 0 Å². The van der Waals surface area contributed by atoms with Gasteiger partial charge >= 0.3 is 0 Å². The number of para-hydroxylation sites is 1. The predicted molar refractivity (Wildman–Crippen MR) is 76.0 cm³/mol. The van der Waals surface area contributed by atoms with Gasteiger partial charge in [-0.2, -0.15) is 0 Å². The van der Waals surface area contributed by atoms with Crippen molar-refractivity contribution >= 4 is 5.69 Å². The molecule has 18 heavy (non-hydrogen) atoms. The fourth-order valence-electron chi connectivity index (χ4n) is 2.69. The van der Waals surface area contributed by atoms with Gasteiger partial charge in [-0.25, -0.2) is 0 Å². The Kier molecular flexibility index (Phi) is 4.61. The molecule has 1 aromatic rings. The fraction of sp³-hybridized carbons (Fsp3) is 0.600. The van der Waals surface area contributed by atoms with Crippen LogP contribution >= 0.6 is 0 Å². The van der Waals surface area contributed by atoms with E-state index in [1.807, 2.05) is 6.92 Å². The minimum absolute atomic E-state index is 0.128. The number of rotatable bonds is 5. The van der Waals surface area contributed by atoms with E-state index in [1.165, 1.54) is 24.1 Å². The lowest BCUT2D eigenvalue weighted by Gasteiger charge is -2.39. The summed E-state index contributed by atoms with van der Waals surface area (Å²) < 4.78 is 5.69. The average Bonchev–Trinajstić information content (AvgIpc) is 2.41. The zero-order valence-corrected chi connectivity index (χ0v) is 11.4. The second-order valence-corrected chi connectivity index (χ2v) is 4.98. The molecule has 3 nitrogen and oxygen atoms in total. The predicted octanol–water partition coefficient (Wildman–Crippen LogP) is 2.19. The van der Waals surface area contributed by atoms with E-state index in [1.54, 1.807) is 0 Å². The van der Waals surface area contributed by atoms with Gasteiger partial charge in [-0.15, -0.1) is 0 Å². The minimum Gasteiger partial charge on any atom is -0.375 e. The van der Waals surface area contributed by atoms with Gasteiger partial charge in [0.1, 0.15) is 0 Å². The van der Waals surface area contributed by atoms with Gasteiger partial charge in [0.05, 0.1) is 6.10 Å². The van der Waals surface area contributed by atoms with Gasteiger partial charge in [-0.3, -0.25) is 0 Å². The smallest absolute Gasteiger partial charge is 0.0871 e. The number of benzene rings is 1. The molecule has 2 unspecified atom stereocenters. The van der Waals surface area contributed by atoms with E-state index in [4.69, 9.17) is 10.5 Å². The molecular formula is C15H24N2O. The summed E-state index contributed by atoms with van der Waals surface area (Å²) in [5.74, 6) is 0. The topological polar surface area (TPSA) is 38.5 Å². The third-order valence-electron chi connectivity index (χ3n) is 3.73. The van der Waals surface area contributed by atoms with Crippen molar-refractivity contribution in [3.05, 3.63) is 29.8 Å². The molecule has 2 atom stereocenters. The van der Waals surface area contributed by atoms with Crippen LogP contribution in [0.5, 0.6) is 0 Å². The first kappa shape index (κ1) is 13.4. The molecule has 0 amide bonds. The number of anilines is 1. The number of hydrogen-bond acceptors (Lipinski definition) is 3. The highest BCUT2D eigenvalue weighted by atomic mass is 16.5. The Morgan fingerprint density at radius 3 is 2.94 bits per heavy atom. The molecule has 100 valence electrons. The van der Waals surface area contributed by atoms with Gasteiger partial charge < -0.3 is 15.4 Å². The number of fused-ring (bicyclic) bond motifs is 1. The normalized spacial score (nSPS) is 20.6. The molecule has 0 saturated carbocycles. The second kappa shape index (κ2) is 6.21. The molecule has 0 fully saturated rings. The summed E-state index contributed by atoms with van der Waals surface area (Å²) in [5, 5.41) is 0. The van der Waals surface area contributed by atoms with E-state index in [0.717, 1.165) is 13.2 Å². The molecular weight excluding hydrogens is 224 g/mol. The van der Waals surface area contributed by atoms with Crippen LogP contribution in [0.25, 0.3) is 0 Å². The molecule has 1 heterocycles. The molecule has 0 radical (unpaired) electrons. The maximum Gasteiger partial charge on any atom is 0.0871 e. The standard InChI is InChI=1S/C15H24N2O/c1-3-18-14(10-16)11-17-12(2)8-9-13-6-4-5-7-15(13)17/h4-7,12,14H,3,8-11,16H2,1-2H3. The van der Waals surface area contributed by atoms with Crippen LogP contribution in [0.2, 0.25) is 0 Å². The van der Waals surface area contributed by atoms with Crippen molar-refractivity contribution in [3.8, 4) is 0 Å². The van der Waals surface area contributed by atoms with Gasteiger partial charge in [0, 0.05) is 31.4 Å². The summed E-state index contributed by atoms with van der Waals surface area (Å²) in [7, 11) is 0. The highest BCUT2D eigenvalue weighted by Crippen LogP contribution is 2.30. The largest absolute Gasteiger partial charge is 0.375 e. The van der Waals surface area contributed by atoms with Gasteiger partial charge in [0.25, 0.3) is 0 Å². The summed E-state index contributed by atoms with van der Waals surface area (Å²) in [6.45, 7) is 6.51. The molecule has 1 aliphatic rings. The highest BCUT2D eigenvalue weighted by molar-refractivity contribution is 5.56. The van der Waals surface area contributed by atoms with Gasteiger partial charge in [-0.1, -0.05) is 18.2 Å². The third-order valence-corrected chi connectivity index (χ3v) is 3.73. The summed E-state index contributed by atoms with van der Waals surface area (Å²) in [4.78, 5) is 2.45. The van der Waals surface area contributed by atoms with Crippen LogP contribution in [0.3, 0.4) is 0 Å². The first-order valence-corrected chi connectivity index (χ1v) is 6.92. The molecule has 0 bridgehead atoms. The van der Waals surface area contributed by atoms with Gasteiger partial charge in [0.2, 0.25) is 0 Å².